The van der Waals surface area contributed by atoms with Crippen LogP contribution in [0.2, 0.25) is 5.02 Å². The number of carbonyl (C=O) groups is 1. The molecule has 2 aromatic carbocycles. The third-order valence-corrected chi connectivity index (χ3v) is 3.48. The van der Waals surface area contributed by atoms with E-state index in [0.29, 0.717) is 11.6 Å². The molecule has 0 aliphatic heterocycles. The van der Waals surface area contributed by atoms with E-state index in [1.807, 2.05) is 25.2 Å². The fraction of sp³-hybridized carbons (Fsp3) is 0.188. The van der Waals surface area contributed by atoms with Gasteiger partial charge < -0.3 is 10.2 Å². The van der Waals surface area contributed by atoms with E-state index in [4.69, 9.17) is 11.6 Å². The molecule has 1 unspecified atom stereocenters. The maximum absolute atomic E-state index is 13.5. The summed E-state index contributed by atoms with van der Waals surface area (Å²) in [6.07, 6.45) is 0. The minimum absolute atomic E-state index is 0.112. The Morgan fingerprint density at radius 3 is 2.68 bits per heavy atom. The molecule has 6 heteroatoms. The van der Waals surface area contributed by atoms with E-state index in [-0.39, 0.29) is 12.2 Å². The number of likely N-dealkylation sites (N-methyl/N-ethyl adjacent to an activating group) is 1. The van der Waals surface area contributed by atoms with Crippen molar-refractivity contribution in [2.24, 2.45) is 0 Å². The van der Waals surface area contributed by atoms with Gasteiger partial charge in [0.2, 0.25) is 0 Å². The molecule has 0 bridgehead atoms. The van der Waals surface area contributed by atoms with E-state index in [0.717, 1.165) is 28.7 Å². The Bertz CT molecular complexity index is 679. The Balaban J connectivity index is 1.94. The molecule has 0 aliphatic carbocycles. The number of quaternary nitrogens is 1. The number of rotatable bonds is 5. The zero-order valence-electron chi connectivity index (χ0n) is 12.0. The molecule has 0 saturated heterocycles. The lowest BCUT2D eigenvalue weighted by Crippen LogP contribution is -3.08. The average molecular weight is 326 g/mol. The first-order valence-electron chi connectivity index (χ1n) is 6.75. The van der Waals surface area contributed by atoms with Crippen molar-refractivity contribution in [3.63, 3.8) is 0 Å². The van der Waals surface area contributed by atoms with Gasteiger partial charge in [0.15, 0.2) is 6.54 Å². The van der Waals surface area contributed by atoms with Gasteiger partial charge in [-0.05, 0) is 18.2 Å². The van der Waals surface area contributed by atoms with E-state index >= 15 is 0 Å². The first-order chi connectivity index (χ1) is 10.5. The van der Waals surface area contributed by atoms with Crippen LogP contribution in [0, 0.1) is 11.6 Å². The summed E-state index contributed by atoms with van der Waals surface area (Å²) < 4.78 is 26.5. The summed E-state index contributed by atoms with van der Waals surface area (Å²) in [6.45, 7) is 0.667. The predicted octanol–water partition coefficient (Wildman–Crippen LogP) is 2.27. The maximum Gasteiger partial charge on any atom is 0.279 e. The molecule has 0 saturated carbocycles. The number of amides is 1. The highest BCUT2D eigenvalue weighted by Crippen LogP contribution is 2.15. The molecule has 1 atom stereocenters. The second-order valence-corrected chi connectivity index (χ2v) is 5.48. The molecule has 0 radical (unpaired) electrons. The van der Waals surface area contributed by atoms with Crippen LogP contribution < -0.4 is 10.2 Å². The minimum atomic E-state index is -0.668. The van der Waals surface area contributed by atoms with Crippen LogP contribution in [0.4, 0.5) is 14.5 Å². The normalized spacial score (nSPS) is 12.0. The first kappa shape index (κ1) is 16.4. The van der Waals surface area contributed by atoms with Crippen LogP contribution in [-0.2, 0) is 11.3 Å². The molecule has 116 valence electrons. The number of anilines is 1. The molecule has 2 aromatic rings. The smallest absolute Gasteiger partial charge is 0.279 e. The summed E-state index contributed by atoms with van der Waals surface area (Å²) in [7, 11) is 1.82. The minimum Gasteiger partial charge on any atom is -0.326 e. The second-order valence-electron chi connectivity index (χ2n) is 5.07. The quantitative estimate of drug-likeness (QED) is 0.869. The van der Waals surface area contributed by atoms with Gasteiger partial charge in [0.25, 0.3) is 5.91 Å². The molecule has 0 aromatic heterocycles. The lowest BCUT2D eigenvalue weighted by atomic mass is 10.2. The van der Waals surface area contributed by atoms with Gasteiger partial charge in [-0.3, -0.25) is 4.79 Å². The van der Waals surface area contributed by atoms with Crippen LogP contribution in [0.15, 0.2) is 42.5 Å². The van der Waals surface area contributed by atoms with Gasteiger partial charge in [-0.2, -0.15) is 0 Å². The summed E-state index contributed by atoms with van der Waals surface area (Å²) in [5.74, 6) is -1.67. The standard InChI is InChI=1S/C16H15ClF2N2O/c1-21(9-11-4-2-3-5-13(11)17)10-16(22)20-15-8-12(18)6-7-14(15)19/h2-8H,9-10H2,1H3,(H,20,22)/p+1. The summed E-state index contributed by atoms with van der Waals surface area (Å²) in [5.41, 5.74) is 0.766. The van der Waals surface area contributed by atoms with E-state index in [2.05, 4.69) is 5.32 Å². The molecule has 0 spiro atoms. The van der Waals surface area contributed by atoms with Crippen molar-refractivity contribution in [3.05, 3.63) is 64.7 Å². The molecule has 2 rings (SSSR count). The Kier molecular flexibility index (Phi) is 5.46. The maximum atomic E-state index is 13.5. The molecule has 1 amide bonds. The van der Waals surface area contributed by atoms with E-state index in [9.17, 15) is 13.6 Å². The lowest BCUT2D eigenvalue weighted by molar-refractivity contribution is -0.885. The van der Waals surface area contributed by atoms with Crippen LogP contribution in [0.1, 0.15) is 5.56 Å². The van der Waals surface area contributed by atoms with Gasteiger partial charge in [-0.25, -0.2) is 8.78 Å². The monoisotopic (exact) mass is 325 g/mol. The van der Waals surface area contributed by atoms with E-state index in [1.54, 1.807) is 6.07 Å². The van der Waals surface area contributed by atoms with E-state index in [1.165, 1.54) is 0 Å². The van der Waals surface area contributed by atoms with Gasteiger partial charge in [-0.15, -0.1) is 0 Å². The highest BCUT2D eigenvalue weighted by atomic mass is 35.5. The van der Waals surface area contributed by atoms with Crippen LogP contribution >= 0.6 is 11.6 Å². The van der Waals surface area contributed by atoms with Crippen LogP contribution in [0.3, 0.4) is 0 Å². The van der Waals surface area contributed by atoms with Crippen molar-refractivity contribution >= 4 is 23.2 Å². The topological polar surface area (TPSA) is 33.5 Å². The molecule has 0 aliphatic rings. The highest BCUT2D eigenvalue weighted by molar-refractivity contribution is 6.31. The number of benzene rings is 2. The van der Waals surface area contributed by atoms with Crippen LogP contribution in [-0.4, -0.2) is 19.5 Å². The molecule has 3 nitrogen and oxygen atoms in total. The number of hydrogen-bond acceptors (Lipinski definition) is 1. The summed E-state index contributed by atoms with van der Waals surface area (Å²) in [5, 5.41) is 3.01. The van der Waals surface area contributed by atoms with Crippen LogP contribution in [0.5, 0.6) is 0 Å². The van der Waals surface area contributed by atoms with Gasteiger partial charge >= 0.3 is 0 Å². The molecule has 0 heterocycles. The molecular weight excluding hydrogens is 310 g/mol. The fourth-order valence-corrected chi connectivity index (χ4v) is 2.29. The zero-order valence-corrected chi connectivity index (χ0v) is 12.8. The zero-order chi connectivity index (χ0) is 16.1. The molecular formula is C16H16ClF2N2O+. The predicted molar refractivity (Wildman–Crippen MR) is 81.9 cm³/mol. The lowest BCUT2D eigenvalue weighted by Gasteiger charge is -2.15. The SMILES string of the molecule is C[NH+](CC(=O)Nc1cc(F)ccc1F)Cc1ccccc1Cl. The Morgan fingerprint density at radius 1 is 1.23 bits per heavy atom. The van der Waals surface area contributed by atoms with Crippen molar-refractivity contribution in [2.75, 3.05) is 18.9 Å². The third-order valence-electron chi connectivity index (χ3n) is 3.11. The Labute approximate surface area is 132 Å². The largest absolute Gasteiger partial charge is 0.326 e. The van der Waals surface area contributed by atoms with Gasteiger partial charge in [-0.1, -0.05) is 29.8 Å². The Hall–Kier alpha value is -1.98. The average Bonchev–Trinajstić information content (AvgIpc) is 2.45. The molecule has 22 heavy (non-hydrogen) atoms. The van der Waals surface area contributed by atoms with Crippen molar-refractivity contribution in [1.29, 1.82) is 0 Å². The van der Waals surface area contributed by atoms with Crippen molar-refractivity contribution < 1.29 is 18.5 Å². The van der Waals surface area contributed by atoms with Crippen molar-refractivity contribution in [3.8, 4) is 0 Å². The summed E-state index contributed by atoms with van der Waals surface area (Å²) in [6, 6.07) is 10.3. The number of halogens is 3. The fourth-order valence-electron chi connectivity index (χ4n) is 2.09. The first-order valence-corrected chi connectivity index (χ1v) is 7.13. The Morgan fingerprint density at radius 2 is 1.95 bits per heavy atom. The number of hydrogen-bond donors (Lipinski definition) is 2. The van der Waals surface area contributed by atoms with Crippen LogP contribution in [0.25, 0.3) is 0 Å². The third kappa shape index (κ3) is 4.51. The van der Waals surface area contributed by atoms with Gasteiger partial charge in [0.1, 0.15) is 18.2 Å². The van der Waals surface area contributed by atoms with Crippen molar-refractivity contribution in [2.45, 2.75) is 6.54 Å². The number of carbonyl (C=O) groups excluding carboxylic acids is 1. The summed E-state index contributed by atoms with van der Waals surface area (Å²) in [4.78, 5) is 12.8. The van der Waals surface area contributed by atoms with E-state index < -0.39 is 17.5 Å². The van der Waals surface area contributed by atoms with Gasteiger partial charge in [0, 0.05) is 16.7 Å². The molecule has 2 N–H and O–H groups in total. The van der Waals surface area contributed by atoms with Gasteiger partial charge in [0.05, 0.1) is 12.7 Å². The second kappa shape index (κ2) is 7.33. The molecule has 0 fully saturated rings. The van der Waals surface area contributed by atoms with Crippen molar-refractivity contribution in [1.82, 2.24) is 0 Å². The highest BCUT2D eigenvalue weighted by Gasteiger charge is 2.14. The summed E-state index contributed by atoms with van der Waals surface area (Å²) >= 11 is 6.07. The number of nitrogens with one attached hydrogen (secondary N) is 2.